The lowest BCUT2D eigenvalue weighted by molar-refractivity contribution is 0.398. The van der Waals surface area contributed by atoms with E-state index < -0.39 is 45.9 Å². The predicted molar refractivity (Wildman–Crippen MR) is 287 cm³/mol. The van der Waals surface area contributed by atoms with Gasteiger partial charge in [0.15, 0.2) is 15.2 Å². The zero-order valence-electron chi connectivity index (χ0n) is 41.2. The Hall–Kier alpha value is -6.65. The van der Waals surface area contributed by atoms with Gasteiger partial charge in [0.25, 0.3) is 30.4 Å². The highest BCUT2D eigenvalue weighted by Crippen LogP contribution is 2.45. The van der Waals surface area contributed by atoms with E-state index in [0.717, 1.165) is 34.8 Å². The molecular formula is C43H49N13O13S6. The molecule has 0 atom stereocenters. The Bertz CT molecular complexity index is 3450. The summed E-state index contributed by atoms with van der Waals surface area (Å²) in [7, 11) is -8.18. The zero-order chi connectivity index (χ0) is 54.4. The highest BCUT2D eigenvalue weighted by atomic mass is 32.2. The van der Waals surface area contributed by atoms with E-state index in [0.29, 0.717) is 71.2 Å². The summed E-state index contributed by atoms with van der Waals surface area (Å²) in [5.41, 5.74) is 2.79. The molecule has 0 radical (unpaired) electrons. The molecule has 0 saturated carbocycles. The largest absolute Gasteiger partial charge is 0.495 e. The minimum atomic E-state index is -4.66. The van der Waals surface area contributed by atoms with E-state index in [1.54, 1.807) is 24.3 Å². The van der Waals surface area contributed by atoms with Gasteiger partial charge in [-0.2, -0.15) is 49.0 Å². The van der Waals surface area contributed by atoms with Crippen molar-refractivity contribution in [3.05, 3.63) is 48.5 Å². The van der Waals surface area contributed by atoms with E-state index in [4.69, 9.17) is 23.9 Å². The summed E-state index contributed by atoms with van der Waals surface area (Å²) in [5, 5.41) is 25.9. The fourth-order valence-corrected chi connectivity index (χ4v) is 11.7. The van der Waals surface area contributed by atoms with Gasteiger partial charge in [-0.25, -0.2) is 0 Å². The second kappa shape index (κ2) is 23.5. The molecule has 0 saturated heterocycles. The summed E-state index contributed by atoms with van der Waals surface area (Å²) in [5.74, 6) is -0.295. The van der Waals surface area contributed by atoms with Crippen molar-refractivity contribution < 1.29 is 57.9 Å². The lowest BCUT2D eigenvalue weighted by atomic mass is 10.2. The fraction of sp³-hybridized carbons (Fsp3) is 0.326. The first-order chi connectivity index (χ1) is 35.6. The molecule has 0 aliphatic rings. The molecule has 0 aliphatic heterocycles. The number of thioether (sulfide) groups is 1. The number of fused-ring (bicyclic) bond motifs is 2. The minimum Gasteiger partial charge on any atom is -0.495 e. The van der Waals surface area contributed by atoms with Crippen molar-refractivity contribution >= 4 is 143 Å². The van der Waals surface area contributed by atoms with Crippen LogP contribution in [-0.4, -0.2) is 129 Å². The maximum atomic E-state index is 12.1. The second-order valence-corrected chi connectivity index (χ2v) is 22.4. The minimum absolute atomic E-state index is 0.0311. The lowest BCUT2D eigenvalue weighted by Crippen LogP contribution is -2.22. The van der Waals surface area contributed by atoms with Gasteiger partial charge in [0.1, 0.15) is 44.2 Å². The molecule has 0 unspecified atom stereocenters. The molecule has 3 aromatic heterocycles. The number of azo groups is 2. The highest BCUT2D eigenvalue weighted by molar-refractivity contribution is 8.00. The molecule has 7 rings (SSSR count). The average molecular weight is 1150 g/mol. The van der Waals surface area contributed by atoms with Crippen LogP contribution >= 0.6 is 34.8 Å². The Morgan fingerprint density at radius 2 is 0.960 bits per heavy atom. The van der Waals surface area contributed by atoms with Gasteiger partial charge < -0.3 is 39.4 Å². The molecule has 0 amide bonds. The third-order valence-corrected chi connectivity index (χ3v) is 16.1. The van der Waals surface area contributed by atoms with E-state index in [1.807, 2.05) is 37.5 Å². The van der Waals surface area contributed by atoms with Crippen molar-refractivity contribution in [1.82, 2.24) is 23.7 Å². The Kier molecular flexibility index (Phi) is 17.6. The van der Waals surface area contributed by atoms with Crippen LogP contribution in [0.3, 0.4) is 0 Å². The van der Waals surface area contributed by atoms with Gasteiger partial charge in [-0.15, -0.1) is 20.5 Å². The fourth-order valence-electron chi connectivity index (χ4n) is 7.38. The summed E-state index contributed by atoms with van der Waals surface area (Å²) in [4.78, 5) is 17.1. The van der Waals surface area contributed by atoms with Crippen LogP contribution in [-0.2, 0) is 30.4 Å². The molecule has 0 aliphatic carbocycles. The molecule has 26 nitrogen and oxygen atoms in total. The number of nitrogens with zero attached hydrogens (tertiary/aromatic N) is 11. The molecule has 7 aromatic rings. The van der Waals surface area contributed by atoms with Gasteiger partial charge in [-0.3, -0.25) is 13.7 Å². The third-order valence-electron chi connectivity index (χ3n) is 11.0. The molecule has 0 bridgehead atoms. The normalized spacial score (nSPS) is 12.3. The van der Waals surface area contributed by atoms with Crippen LogP contribution < -0.4 is 39.4 Å². The molecule has 32 heteroatoms. The SMILES string of the molecule is CCN(CC)c1cc(Nc2nc(Nc3cc(N(CC)CC)c(OC)cc3/N=N/c3snc4cc(S(=O)(=O)O)c(OC)cc34)nc(SCCS(=O)(=O)O)n2)c(/N=N/c2snc3cc(S(=O)(=O)O)c(OC)cc23)cc1OC. The summed E-state index contributed by atoms with van der Waals surface area (Å²) in [6, 6.07) is 11.9. The molecule has 400 valence electrons. The van der Waals surface area contributed by atoms with E-state index in [-0.39, 0.29) is 66.7 Å². The van der Waals surface area contributed by atoms with E-state index in [1.165, 1.54) is 52.7 Å². The lowest BCUT2D eigenvalue weighted by Gasteiger charge is -2.25. The van der Waals surface area contributed by atoms with Crippen LogP contribution in [0.25, 0.3) is 21.8 Å². The quantitative estimate of drug-likeness (QED) is 0.0213. The zero-order valence-corrected chi connectivity index (χ0v) is 46.1. The number of hydrogen-bond acceptors (Lipinski definition) is 26. The van der Waals surface area contributed by atoms with E-state index >= 15 is 0 Å². The molecule has 4 aromatic carbocycles. The molecule has 5 N–H and O–H groups in total. The summed E-state index contributed by atoms with van der Waals surface area (Å²) in [6.45, 7) is 10.2. The number of methoxy groups -OCH3 is 4. The predicted octanol–water partition coefficient (Wildman–Crippen LogP) is 9.61. The Balaban J connectivity index is 1.36. The Labute approximate surface area is 443 Å². The number of hydrogen-bond donors (Lipinski definition) is 5. The summed E-state index contributed by atoms with van der Waals surface area (Å²) in [6.07, 6.45) is 0. The Morgan fingerprint density at radius 3 is 1.31 bits per heavy atom. The van der Waals surface area contributed by atoms with Crippen LogP contribution in [0.5, 0.6) is 23.0 Å². The Morgan fingerprint density at radius 1 is 0.560 bits per heavy atom. The van der Waals surface area contributed by atoms with Crippen molar-refractivity contribution in [2.75, 3.05) is 86.6 Å². The number of nitrogens with one attached hydrogen (secondary N) is 2. The van der Waals surface area contributed by atoms with Gasteiger partial charge in [0, 0.05) is 54.8 Å². The van der Waals surface area contributed by atoms with Crippen molar-refractivity contribution in [2.24, 2.45) is 20.5 Å². The smallest absolute Gasteiger partial charge is 0.298 e. The summed E-state index contributed by atoms with van der Waals surface area (Å²) >= 11 is 2.75. The molecule has 75 heavy (non-hydrogen) atoms. The molecule has 0 fully saturated rings. The number of rotatable bonds is 24. The maximum Gasteiger partial charge on any atom is 0.298 e. The van der Waals surface area contributed by atoms with Gasteiger partial charge in [0.2, 0.25) is 11.9 Å². The van der Waals surface area contributed by atoms with E-state index in [9.17, 15) is 38.9 Å². The van der Waals surface area contributed by atoms with Crippen LogP contribution in [0.15, 0.2) is 83.9 Å². The topological polar surface area (TPSA) is 344 Å². The molecular weight excluding hydrogens is 1100 g/mol. The number of aromatic nitrogens is 5. The van der Waals surface area contributed by atoms with Crippen molar-refractivity contribution in [3.63, 3.8) is 0 Å². The average Bonchev–Trinajstić information content (AvgIpc) is 3.97. The first-order valence-electron chi connectivity index (χ1n) is 22.2. The van der Waals surface area contributed by atoms with Crippen molar-refractivity contribution in [2.45, 2.75) is 42.6 Å². The van der Waals surface area contributed by atoms with Crippen LogP contribution in [0.2, 0.25) is 0 Å². The number of ether oxygens (including phenoxy) is 4. The number of anilines is 6. The monoisotopic (exact) mass is 1150 g/mol. The molecule has 3 heterocycles. The number of benzene rings is 4. The van der Waals surface area contributed by atoms with Gasteiger partial charge in [0.05, 0.1) is 68.0 Å². The first-order valence-corrected chi connectivity index (χ1v) is 29.2. The third kappa shape index (κ3) is 13.1. The maximum absolute atomic E-state index is 12.1. The van der Waals surface area contributed by atoms with Crippen LogP contribution in [0.4, 0.5) is 56.0 Å². The van der Waals surface area contributed by atoms with Crippen molar-refractivity contribution in [3.8, 4) is 23.0 Å². The second-order valence-electron chi connectivity index (χ2n) is 15.4. The van der Waals surface area contributed by atoms with Crippen molar-refractivity contribution in [1.29, 1.82) is 0 Å². The molecule has 0 spiro atoms. The van der Waals surface area contributed by atoms with Gasteiger partial charge in [-0.1, -0.05) is 11.8 Å². The van der Waals surface area contributed by atoms with Crippen LogP contribution in [0, 0.1) is 0 Å². The first kappa shape index (κ1) is 56.1. The van der Waals surface area contributed by atoms with Gasteiger partial charge in [-0.05, 0) is 87.2 Å². The van der Waals surface area contributed by atoms with Gasteiger partial charge >= 0.3 is 0 Å². The van der Waals surface area contributed by atoms with E-state index in [2.05, 4.69) is 49.8 Å². The standard InChI is InChI=1S/C43H49N13O13S6/c1-9-55(10-2)31-17-27(29(19-33(31)66-5)49-51-39-23-15-35(68-7)37(74(60,61)62)21-25(23)53-71-39)44-41-46-42(48-43(47-41)70-13-14-73(57,58)59)45-28-18-32(56(11-3)12-4)34(67-6)20-30(28)50-52-40-24-16-36(69-8)38(75(63,64)65)22-26(24)54-72-40/h15-22H,9-14H2,1-8H3,(H,57,58,59)(H,60,61,62)(H,63,64,65)(H2,44,45,46,47,48)/b51-49+,52-50+. The summed E-state index contributed by atoms with van der Waals surface area (Å²) < 4.78 is 132. The van der Waals surface area contributed by atoms with Crippen LogP contribution in [0.1, 0.15) is 27.7 Å². The highest BCUT2D eigenvalue weighted by Gasteiger charge is 2.24.